The van der Waals surface area contributed by atoms with Crippen LogP contribution < -0.4 is 14.8 Å². The number of aliphatic hydroxyl groups excluding tert-OH is 2. The van der Waals surface area contributed by atoms with E-state index in [0.29, 0.717) is 11.5 Å². The summed E-state index contributed by atoms with van der Waals surface area (Å²) in [5, 5.41) is 22.1. The lowest BCUT2D eigenvalue weighted by Gasteiger charge is -2.32. The summed E-state index contributed by atoms with van der Waals surface area (Å²) in [6, 6.07) is 3.86. The molecule has 0 unspecified atom stereocenters. The highest BCUT2D eigenvalue weighted by molar-refractivity contribution is 5.49. The van der Waals surface area contributed by atoms with E-state index in [4.69, 9.17) is 9.47 Å². The Morgan fingerprint density at radius 3 is 2.42 bits per heavy atom. The molecule has 5 nitrogen and oxygen atoms in total. The fraction of sp³-hybridized carbons (Fsp3) is 0.571. The topological polar surface area (TPSA) is 71.0 Å². The van der Waals surface area contributed by atoms with E-state index < -0.39 is 0 Å². The van der Waals surface area contributed by atoms with Crippen molar-refractivity contribution in [3.63, 3.8) is 0 Å². The van der Waals surface area contributed by atoms with Crippen LogP contribution in [0.15, 0.2) is 12.1 Å². The second kappa shape index (κ2) is 6.23. The molecular weight excluding hydrogens is 246 g/mol. The van der Waals surface area contributed by atoms with Crippen LogP contribution in [0, 0.1) is 5.92 Å². The SMILES string of the molecule is COc1cc2c(cc1OC)[C@@H](C(CO)CO)NCC2. The smallest absolute Gasteiger partial charge is 0.161 e. The first-order chi connectivity index (χ1) is 9.24. The van der Waals surface area contributed by atoms with Crippen molar-refractivity contribution < 1.29 is 19.7 Å². The van der Waals surface area contributed by atoms with Crippen LogP contribution in [0.2, 0.25) is 0 Å². The third-order valence-corrected chi connectivity index (χ3v) is 3.68. The summed E-state index contributed by atoms with van der Waals surface area (Å²) in [6.45, 7) is 0.716. The highest BCUT2D eigenvalue weighted by atomic mass is 16.5. The number of methoxy groups -OCH3 is 2. The zero-order valence-corrected chi connectivity index (χ0v) is 11.3. The van der Waals surface area contributed by atoms with Gasteiger partial charge in [-0.3, -0.25) is 0 Å². The van der Waals surface area contributed by atoms with Crippen LogP contribution in [0.5, 0.6) is 11.5 Å². The Morgan fingerprint density at radius 1 is 1.21 bits per heavy atom. The summed E-state index contributed by atoms with van der Waals surface area (Å²) in [6.07, 6.45) is 0.899. The second-order valence-electron chi connectivity index (χ2n) is 4.71. The highest BCUT2D eigenvalue weighted by Crippen LogP contribution is 2.37. The molecule has 0 saturated carbocycles. The molecule has 1 aliphatic rings. The summed E-state index contributed by atoms with van der Waals surface area (Å²) in [5.74, 6) is 1.17. The Hall–Kier alpha value is -1.30. The average molecular weight is 267 g/mol. The Bertz CT molecular complexity index is 432. The van der Waals surface area contributed by atoms with Gasteiger partial charge in [0.25, 0.3) is 0 Å². The molecule has 0 fully saturated rings. The molecule has 5 heteroatoms. The van der Waals surface area contributed by atoms with Crippen LogP contribution in [0.25, 0.3) is 0 Å². The lowest BCUT2D eigenvalue weighted by Crippen LogP contribution is -2.37. The number of nitrogens with one attached hydrogen (secondary N) is 1. The monoisotopic (exact) mass is 267 g/mol. The number of fused-ring (bicyclic) bond motifs is 1. The van der Waals surface area contributed by atoms with Crippen molar-refractivity contribution in [2.75, 3.05) is 34.0 Å². The van der Waals surface area contributed by atoms with Gasteiger partial charge in [0.05, 0.1) is 14.2 Å². The minimum atomic E-state index is -0.211. The molecule has 1 heterocycles. The molecule has 0 spiro atoms. The molecule has 0 aromatic heterocycles. The maximum Gasteiger partial charge on any atom is 0.161 e. The van der Waals surface area contributed by atoms with E-state index in [1.54, 1.807) is 14.2 Å². The first kappa shape index (κ1) is 14.1. The molecule has 0 radical (unpaired) electrons. The van der Waals surface area contributed by atoms with Crippen LogP contribution in [0.3, 0.4) is 0 Å². The van der Waals surface area contributed by atoms with E-state index >= 15 is 0 Å². The first-order valence-electron chi connectivity index (χ1n) is 6.45. The highest BCUT2D eigenvalue weighted by Gasteiger charge is 2.28. The number of hydrogen-bond acceptors (Lipinski definition) is 5. The van der Waals surface area contributed by atoms with E-state index in [0.717, 1.165) is 18.5 Å². The van der Waals surface area contributed by atoms with Crippen molar-refractivity contribution in [3.8, 4) is 11.5 Å². The maximum absolute atomic E-state index is 9.38. The summed E-state index contributed by atoms with van der Waals surface area (Å²) in [5.41, 5.74) is 2.24. The molecule has 1 atom stereocenters. The van der Waals surface area contributed by atoms with Crippen molar-refractivity contribution in [1.29, 1.82) is 0 Å². The molecule has 1 aromatic rings. The van der Waals surface area contributed by atoms with Crippen molar-refractivity contribution >= 4 is 0 Å². The van der Waals surface area contributed by atoms with Gasteiger partial charge in [0.1, 0.15) is 0 Å². The largest absolute Gasteiger partial charge is 0.493 e. The first-order valence-corrected chi connectivity index (χ1v) is 6.45. The number of hydrogen-bond donors (Lipinski definition) is 3. The molecule has 3 N–H and O–H groups in total. The number of rotatable bonds is 5. The Balaban J connectivity index is 2.42. The van der Waals surface area contributed by atoms with Gasteiger partial charge in [-0.1, -0.05) is 0 Å². The Morgan fingerprint density at radius 2 is 1.84 bits per heavy atom. The fourth-order valence-electron chi connectivity index (χ4n) is 2.60. The molecule has 0 saturated heterocycles. The normalized spacial score (nSPS) is 18.3. The van der Waals surface area contributed by atoms with Gasteiger partial charge in [0, 0.05) is 25.2 Å². The molecule has 1 aliphatic heterocycles. The third-order valence-electron chi connectivity index (χ3n) is 3.68. The summed E-state index contributed by atoms with van der Waals surface area (Å²) in [4.78, 5) is 0. The van der Waals surface area contributed by atoms with E-state index in [1.807, 2.05) is 12.1 Å². The molecule has 1 aromatic carbocycles. The van der Waals surface area contributed by atoms with Crippen molar-refractivity contribution in [3.05, 3.63) is 23.3 Å². The van der Waals surface area contributed by atoms with E-state index in [9.17, 15) is 10.2 Å². The number of aliphatic hydroxyl groups is 2. The maximum atomic E-state index is 9.38. The predicted octanol–water partition coefficient (Wildman–Crippen LogP) is 0.491. The van der Waals surface area contributed by atoms with Crippen molar-refractivity contribution in [2.24, 2.45) is 5.92 Å². The molecule has 2 rings (SSSR count). The summed E-state index contributed by atoms with van der Waals surface area (Å²) in [7, 11) is 3.22. The standard InChI is InChI=1S/C14H21NO4/c1-18-12-5-9-3-4-15-14(10(7-16)8-17)11(9)6-13(12)19-2/h5-6,10,14-17H,3-4,7-8H2,1-2H3/t14-/m1/s1. The van der Waals surface area contributed by atoms with E-state index in [-0.39, 0.29) is 25.2 Å². The van der Waals surface area contributed by atoms with Gasteiger partial charge in [-0.2, -0.15) is 0 Å². The van der Waals surface area contributed by atoms with Crippen LogP contribution in [-0.4, -0.2) is 44.2 Å². The quantitative estimate of drug-likeness (QED) is 0.724. The lowest BCUT2D eigenvalue weighted by molar-refractivity contribution is 0.117. The van der Waals surface area contributed by atoms with Crippen LogP contribution >= 0.6 is 0 Å². The summed E-state index contributed by atoms with van der Waals surface area (Å²) < 4.78 is 10.6. The van der Waals surface area contributed by atoms with Gasteiger partial charge in [-0.25, -0.2) is 0 Å². The van der Waals surface area contributed by atoms with Gasteiger partial charge < -0.3 is 25.0 Å². The van der Waals surface area contributed by atoms with Crippen molar-refractivity contribution in [2.45, 2.75) is 12.5 Å². The number of ether oxygens (including phenoxy) is 2. The minimum absolute atomic E-state index is 0.0536. The predicted molar refractivity (Wildman–Crippen MR) is 71.7 cm³/mol. The molecular formula is C14H21NO4. The number of benzene rings is 1. The van der Waals surface area contributed by atoms with Gasteiger partial charge in [0.15, 0.2) is 11.5 Å². The second-order valence-corrected chi connectivity index (χ2v) is 4.71. The van der Waals surface area contributed by atoms with E-state index in [1.165, 1.54) is 5.56 Å². The van der Waals surface area contributed by atoms with Gasteiger partial charge in [0.2, 0.25) is 0 Å². The van der Waals surface area contributed by atoms with Crippen LogP contribution in [0.4, 0.5) is 0 Å². The molecule has 19 heavy (non-hydrogen) atoms. The Labute approximate surface area is 113 Å². The molecule has 0 amide bonds. The zero-order chi connectivity index (χ0) is 13.8. The zero-order valence-electron chi connectivity index (χ0n) is 11.3. The van der Waals surface area contributed by atoms with Gasteiger partial charge in [-0.05, 0) is 36.2 Å². The molecule has 0 aliphatic carbocycles. The van der Waals surface area contributed by atoms with Crippen LogP contribution in [-0.2, 0) is 6.42 Å². The average Bonchev–Trinajstić information content (AvgIpc) is 2.47. The van der Waals surface area contributed by atoms with Gasteiger partial charge >= 0.3 is 0 Å². The minimum Gasteiger partial charge on any atom is -0.493 e. The molecule has 0 bridgehead atoms. The van der Waals surface area contributed by atoms with Crippen molar-refractivity contribution in [1.82, 2.24) is 5.32 Å². The van der Waals surface area contributed by atoms with E-state index in [2.05, 4.69) is 5.32 Å². The van der Waals surface area contributed by atoms with Crippen LogP contribution in [0.1, 0.15) is 17.2 Å². The third kappa shape index (κ3) is 2.68. The fourth-order valence-corrected chi connectivity index (χ4v) is 2.60. The summed E-state index contributed by atoms with van der Waals surface area (Å²) >= 11 is 0. The Kier molecular flexibility index (Phi) is 4.63. The molecule has 106 valence electrons. The lowest BCUT2D eigenvalue weighted by atomic mass is 9.86. The van der Waals surface area contributed by atoms with Gasteiger partial charge in [-0.15, -0.1) is 0 Å².